The van der Waals surface area contributed by atoms with Crippen LogP contribution in [0.1, 0.15) is 220 Å². The number of nitrogens with one attached hydrogen (secondary N) is 1. The highest BCUT2D eigenvalue weighted by Gasteiger charge is 2.20. The first kappa shape index (κ1) is 41.8. The van der Waals surface area contributed by atoms with Crippen molar-refractivity contribution >= 4 is 0 Å². The highest BCUT2D eigenvalue weighted by Crippen LogP contribution is 2.16. The number of unbranched alkanes of at least 4 members (excludes halogenated alkanes) is 28. The van der Waals surface area contributed by atoms with Gasteiger partial charge >= 0.3 is 0 Å². The van der Waals surface area contributed by atoms with Crippen LogP contribution in [0.3, 0.4) is 0 Å². The van der Waals surface area contributed by atoms with Gasteiger partial charge in [0, 0.05) is 19.6 Å². The van der Waals surface area contributed by atoms with Gasteiger partial charge in [0.2, 0.25) is 5.91 Å². The van der Waals surface area contributed by atoms with E-state index < -0.39 is 5.91 Å². The molecule has 0 aliphatic rings. The summed E-state index contributed by atoms with van der Waals surface area (Å²) in [6, 6.07) is 0.00313. The van der Waals surface area contributed by atoms with Crippen LogP contribution in [0.25, 0.3) is 0 Å². The van der Waals surface area contributed by atoms with Gasteiger partial charge in [-0.2, -0.15) is 0 Å². The fraction of sp³-hybridized carbons (Fsp3) is 1.00. The molecule has 0 amide bonds. The first-order valence-corrected chi connectivity index (χ1v) is 19.3. The Labute approximate surface area is 264 Å². The molecule has 0 heterocycles. The second kappa shape index (κ2) is 33.7. The monoisotopic (exact) mass is 598 g/mol. The maximum absolute atomic E-state index is 9.84. The van der Waals surface area contributed by atoms with E-state index in [-0.39, 0.29) is 6.04 Å². The van der Waals surface area contributed by atoms with Gasteiger partial charge in [0.15, 0.2) is 0 Å². The van der Waals surface area contributed by atoms with Crippen LogP contribution in [0.15, 0.2) is 0 Å². The number of rotatable bonds is 36. The van der Waals surface area contributed by atoms with Crippen LogP contribution in [0, 0.1) is 0 Å². The normalized spacial score (nSPS) is 12.8. The number of ether oxygens (including phenoxy) is 1. The largest absolute Gasteiger partial charge is 0.380 e. The average molecular weight is 598 g/mol. The minimum Gasteiger partial charge on any atom is -0.380 e. The van der Waals surface area contributed by atoms with Gasteiger partial charge in [0.1, 0.15) is 0 Å². The third-order valence-electron chi connectivity index (χ3n) is 8.84. The smallest absolute Gasteiger partial charge is 0.219 e. The lowest BCUT2D eigenvalue weighted by molar-refractivity contribution is -0.179. The lowest BCUT2D eigenvalue weighted by Gasteiger charge is -2.26. The van der Waals surface area contributed by atoms with Crippen molar-refractivity contribution in [3.05, 3.63) is 0 Å². The summed E-state index contributed by atoms with van der Waals surface area (Å²) in [6.45, 7) is 7.32. The van der Waals surface area contributed by atoms with E-state index in [9.17, 15) is 10.2 Å². The second-order valence-corrected chi connectivity index (χ2v) is 13.6. The van der Waals surface area contributed by atoms with Gasteiger partial charge in [0.05, 0.1) is 6.61 Å². The van der Waals surface area contributed by atoms with Crippen LogP contribution >= 0.6 is 0 Å². The Hall–Kier alpha value is -0.160. The van der Waals surface area contributed by atoms with Crippen LogP contribution in [0.4, 0.5) is 0 Å². The van der Waals surface area contributed by atoms with E-state index in [4.69, 9.17) is 4.74 Å². The Morgan fingerprint density at radius 2 is 0.738 bits per heavy atom. The summed E-state index contributed by atoms with van der Waals surface area (Å²) in [6.07, 6.45) is 42.0. The van der Waals surface area contributed by atoms with Gasteiger partial charge in [-0.25, -0.2) is 0 Å². The lowest BCUT2D eigenvalue weighted by Crippen LogP contribution is -2.49. The van der Waals surface area contributed by atoms with Crippen molar-refractivity contribution < 1.29 is 14.9 Å². The Kier molecular flexibility index (Phi) is 33.6. The summed E-state index contributed by atoms with van der Waals surface area (Å²) in [5.41, 5.74) is 0. The van der Waals surface area contributed by atoms with Gasteiger partial charge in [-0.3, -0.25) is 5.32 Å². The van der Waals surface area contributed by atoms with E-state index in [1.807, 2.05) is 0 Å². The molecule has 0 fully saturated rings. The molecule has 0 aliphatic heterocycles. The molecule has 0 aromatic heterocycles. The molecule has 1 atom stereocenters. The Bertz CT molecular complexity index is 493. The Balaban J connectivity index is 3.56. The maximum Gasteiger partial charge on any atom is 0.219 e. The predicted octanol–water partition coefficient (Wildman–Crippen LogP) is 11.8. The molecule has 1 unspecified atom stereocenters. The molecule has 0 bridgehead atoms. The molecule has 254 valence electrons. The quantitative estimate of drug-likeness (QED) is 0.0496. The van der Waals surface area contributed by atoms with Gasteiger partial charge in [0.25, 0.3) is 0 Å². The molecule has 0 saturated heterocycles. The van der Waals surface area contributed by atoms with Crippen LogP contribution in [0.5, 0.6) is 0 Å². The van der Waals surface area contributed by atoms with E-state index in [0.717, 1.165) is 25.9 Å². The summed E-state index contributed by atoms with van der Waals surface area (Å²) >= 11 is 0. The summed E-state index contributed by atoms with van der Waals surface area (Å²) in [5, 5.41) is 22.6. The van der Waals surface area contributed by atoms with E-state index in [1.54, 1.807) is 0 Å². The van der Waals surface area contributed by atoms with Gasteiger partial charge < -0.3 is 14.9 Å². The van der Waals surface area contributed by atoms with Crippen LogP contribution in [-0.4, -0.2) is 35.4 Å². The predicted molar refractivity (Wildman–Crippen MR) is 185 cm³/mol. The zero-order valence-electron chi connectivity index (χ0n) is 29.2. The van der Waals surface area contributed by atoms with E-state index >= 15 is 0 Å². The molecular formula is C38H79NO3. The fourth-order valence-corrected chi connectivity index (χ4v) is 6.15. The summed E-state index contributed by atoms with van der Waals surface area (Å²) in [4.78, 5) is 0. The standard InChI is InChI=1S/C38H79NO3/c1-4-6-8-10-12-14-16-18-20-21-23-25-27-29-31-33-35-42-36-37(39-38(3,40)41)34-32-30-28-26-24-22-19-17-15-13-11-9-7-5-2/h37,39-41H,4-36H2,1-3H3. The fourth-order valence-electron chi connectivity index (χ4n) is 6.15. The van der Waals surface area contributed by atoms with Gasteiger partial charge in [-0.15, -0.1) is 0 Å². The third-order valence-corrected chi connectivity index (χ3v) is 8.84. The molecular weight excluding hydrogens is 518 g/mol. The minimum absolute atomic E-state index is 0.00313. The Morgan fingerprint density at radius 1 is 0.452 bits per heavy atom. The molecule has 0 saturated carbocycles. The first-order chi connectivity index (χ1) is 20.5. The first-order valence-electron chi connectivity index (χ1n) is 19.3. The second-order valence-electron chi connectivity index (χ2n) is 13.6. The van der Waals surface area contributed by atoms with Crippen LogP contribution in [-0.2, 0) is 4.74 Å². The molecule has 42 heavy (non-hydrogen) atoms. The molecule has 4 heteroatoms. The number of hydrogen-bond acceptors (Lipinski definition) is 4. The molecule has 0 aromatic carbocycles. The minimum atomic E-state index is -1.84. The van der Waals surface area contributed by atoms with Crippen LogP contribution in [0.2, 0.25) is 0 Å². The average Bonchev–Trinajstić information content (AvgIpc) is 2.95. The van der Waals surface area contributed by atoms with Crippen LogP contribution < -0.4 is 5.32 Å². The number of hydrogen-bond donors (Lipinski definition) is 3. The van der Waals surface area contributed by atoms with Crippen molar-refractivity contribution in [2.75, 3.05) is 13.2 Å². The molecule has 4 nitrogen and oxygen atoms in total. The van der Waals surface area contributed by atoms with Crippen molar-refractivity contribution in [2.45, 2.75) is 232 Å². The van der Waals surface area contributed by atoms with E-state index in [2.05, 4.69) is 19.2 Å². The molecule has 0 spiro atoms. The molecule has 0 aromatic rings. The van der Waals surface area contributed by atoms with Gasteiger partial charge in [-0.05, 0) is 12.8 Å². The topological polar surface area (TPSA) is 61.7 Å². The highest BCUT2D eigenvalue weighted by atomic mass is 16.5. The SMILES string of the molecule is CCCCCCCCCCCCCCCCCCOCC(CCCCCCCCCCCCCCCC)NC(C)(O)O. The zero-order valence-corrected chi connectivity index (χ0v) is 29.2. The summed E-state index contributed by atoms with van der Waals surface area (Å²) in [5.74, 6) is -1.84. The zero-order chi connectivity index (χ0) is 30.8. The van der Waals surface area contributed by atoms with Gasteiger partial charge in [-0.1, -0.05) is 200 Å². The van der Waals surface area contributed by atoms with E-state index in [1.165, 1.54) is 187 Å². The van der Waals surface area contributed by atoms with Crippen molar-refractivity contribution in [2.24, 2.45) is 0 Å². The molecule has 0 rings (SSSR count). The molecule has 0 aliphatic carbocycles. The summed E-state index contributed by atoms with van der Waals surface area (Å²) < 4.78 is 5.95. The maximum atomic E-state index is 9.84. The molecule has 0 radical (unpaired) electrons. The third kappa shape index (κ3) is 36.0. The van der Waals surface area contributed by atoms with Crippen molar-refractivity contribution in [1.29, 1.82) is 0 Å². The van der Waals surface area contributed by atoms with Crippen molar-refractivity contribution in [3.8, 4) is 0 Å². The van der Waals surface area contributed by atoms with Crippen molar-refractivity contribution in [1.82, 2.24) is 5.32 Å². The van der Waals surface area contributed by atoms with Crippen molar-refractivity contribution in [3.63, 3.8) is 0 Å². The van der Waals surface area contributed by atoms with E-state index in [0.29, 0.717) is 6.61 Å². The summed E-state index contributed by atoms with van der Waals surface area (Å²) in [7, 11) is 0. The molecule has 3 N–H and O–H groups in total. The lowest BCUT2D eigenvalue weighted by atomic mass is 10.0. The Morgan fingerprint density at radius 3 is 1.05 bits per heavy atom. The highest BCUT2D eigenvalue weighted by molar-refractivity contribution is 4.70. The number of aliphatic hydroxyl groups is 2.